The highest BCUT2D eigenvalue weighted by molar-refractivity contribution is 9.10. The molecule has 100 valence electrons. The highest BCUT2D eigenvalue weighted by Crippen LogP contribution is 2.31. The lowest BCUT2D eigenvalue weighted by Crippen LogP contribution is -2.29. The Hall–Kier alpha value is -1.37. The molecule has 2 rings (SSSR count). The van der Waals surface area contributed by atoms with Gasteiger partial charge in [-0.3, -0.25) is 5.84 Å². The van der Waals surface area contributed by atoms with E-state index in [4.69, 9.17) is 5.84 Å². The molecule has 0 aromatic heterocycles. The summed E-state index contributed by atoms with van der Waals surface area (Å²) in [7, 11) is 0. The van der Waals surface area contributed by atoms with Gasteiger partial charge in [-0.2, -0.15) is 0 Å². The number of hydrogen-bond donors (Lipinski definition) is 2. The van der Waals surface area contributed by atoms with Crippen molar-refractivity contribution in [3.8, 4) is 0 Å². The second kappa shape index (κ2) is 5.73. The maximum Gasteiger partial charge on any atom is 0.173 e. The smallest absolute Gasteiger partial charge is 0.173 e. The zero-order chi connectivity index (χ0) is 14.0. The molecule has 1 atom stereocenters. The van der Waals surface area contributed by atoms with Gasteiger partial charge in [0.25, 0.3) is 0 Å². The molecule has 3 N–H and O–H groups in total. The van der Waals surface area contributed by atoms with Gasteiger partial charge < -0.3 is 0 Å². The maximum atomic E-state index is 13.5. The fourth-order valence-corrected chi connectivity index (χ4v) is 2.37. The van der Waals surface area contributed by atoms with Crippen LogP contribution in [0.1, 0.15) is 17.2 Å². The summed E-state index contributed by atoms with van der Waals surface area (Å²) in [6.07, 6.45) is 0. The molecule has 2 aromatic carbocycles. The molecule has 0 amide bonds. The molecule has 1 unspecified atom stereocenters. The van der Waals surface area contributed by atoms with E-state index in [1.54, 1.807) is 6.07 Å². The average molecular weight is 331 g/mol. The van der Waals surface area contributed by atoms with Crippen LogP contribution in [0.4, 0.5) is 13.2 Å². The molecule has 2 nitrogen and oxygen atoms in total. The topological polar surface area (TPSA) is 38.0 Å². The third-order valence-corrected chi connectivity index (χ3v) is 3.53. The van der Waals surface area contributed by atoms with Crippen molar-refractivity contribution in [1.29, 1.82) is 0 Å². The van der Waals surface area contributed by atoms with Gasteiger partial charge in [0, 0.05) is 0 Å². The fraction of sp³-hybridized carbons (Fsp3) is 0.0769. The molecular formula is C13H10BrF3N2. The summed E-state index contributed by atoms with van der Waals surface area (Å²) in [6.45, 7) is 0. The van der Waals surface area contributed by atoms with Gasteiger partial charge in [-0.15, -0.1) is 0 Å². The van der Waals surface area contributed by atoms with Crippen LogP contribution < -0.4 is 11.3 Å². The van der Waals surface area contributed by atoms with E-state index in [2.05, 4.69) is 21.4 Å². The largest absolute Gasteiger partial charge is 0.271 e. The van der Waals surface area contributed by atoms with Gasteiger partial charge in [-0.05, 0) is 45.3 Å². The van der Waals surface area contributed by atoms with E-state index >= 15 is 0 Å². The Bertz CT molecular complexity index is 604. The number of hydrogen-bond acceptors (Lipinski definition) is 2. The van der Waals surface area contributed by atoms with E-state index in [0.717, 1.165) is 6.07 Å². The van der Waals surface area contributed by atoms with E-state index in [9.17, 15) is 13.2 Å². The van der Waals surface area contributed by atoms with E-state index in [-0.39, 0.29) is 4.47 Å². The van der Waals surface area contributed by atoms with Crippen LogP contribution >= 0.6 is 15.9 Å². The lowest BCUT2D eigenvalue weighted by molar-refractivity contribution is 0.498. The molecule has 0 radical (unpaired) electrons. The Morgan fingerprint density at radius 1 is 1.11 bits per heavy atom. The number of nitrogens with one attached hydrogen (secondary N) is 1. The number of halogens is 4. The standard InChI is InChI=1S/C13H10BrF3N2/c14-11-9(4-5-10(16)12(11)17)13(19-18)7-2-1-3-8(15)6-7/h1-6,13,19H,18H2. The van der Waals surface area contributed by atoms with Gasteiger partial charge >= 0.3 is 0 Å². The van der Waals surface area contributed by atoms with E-state index < -0.39 is 23.5 Å². The summed E-state index contributed by atoms with van der Waals surface area (Å²) in [5, 5.41) is 0. The monoisotopic (exact) mass is 330 g/mol. The van der Waals surface area contributed by atoms with Crippen molar-refractivity contribution in [1.82, 2.24) is 5.43 Å². The number of benzene rings is 2. The van der Waals surface area contributed by atoms with Gasteiger partial charge in [0.05, 0.1) is 10.5 Å². The van der Waals surface area contributed by atoms with Gasteiger partial charge in [0.1, 0.15) is 5.82 Å². The first-order valence-corrected chi connectivity index (χ1v) is 6.19. The predicted molar refractivity (Wildman–Crippen MR) is 69.6 cm³/mol. The van der Waals surface area contributed by atoms with Crippen LogP contribution in [-0.4, -0.2) is 0 Å². The molecule has 0 aliphatic heterocycles. The van der Waals surface area contributed by atoms with Gasteiger partial charge in [0.2, 0.25) is 0 Å². The highest BCUT2D eigenvalue weighted by Gasteiger charge is 2.20. The van der Waals surface area contributed by atoms with Crippen molar-refractivity contribution in [3.05, 3.63) is 69.4 Å². The number of nitrogens with two attached hydrogens (primary N) is 1. The second-order valence-corrected chi connectivity index (χ2v) is 4.71. The van der Waals surface area contributed by atoms with Crippen LogP contribution in [0.2, 0.25) is 0 Å². The minimum atomic E-state index is -1.01. The SMILES string of the molecule is NNC(c1cccc(F)c1)c1ccc(F)c(F)c1Br. The van der Waals surface area contributed by atoms with Crippen molar-refractivity contribution in [2.75, 3.05) is 0 Å². The lowest BCUT2D eigenvalue weighted by atomic mass is 9.99. The zero-order valence-corrected chi connectivity index (χ0v) is 11.2. The Morgan fingerprint density at radius 3 is 2.47 bits per heavy atom. The molecule has 0 aliphatic carbocycles. The van der Waals surface area contributed by atoms with Crippen LogP contribution in [0.25, 0.3) is 0 Å². The molecule has 2 aromatic rings. The van der Waals surface area contributed by atoms with Crippen LogP contribution in [0.3, 0.4) is 0 Å². The molecule has 0 saturated heterocycles. The Kier molecular flexibility index (Phi) is 4.24. The molecule has 0 aliphatic rings. The lowest BCUT2D eigenvalue weighted by Gasteiger charge is -2.18. The summed E-state index contributed by atoms with van der Waals surface area (Å²) >= 11 is 2.98. The third-order valence-electron chi connectivity index (χ3n) is 2.72. The minimum Gasteiger partial charge on any atom is -0.271 e. The summed E-state index contributed by atoms with van der Waals surface area (Å²) in [5.41, 5.74) is 3.35. The van der Waals surface area contributed by atoms with E-state index in [1.807, 2.05) is 0 Å². The second-order valence-electron chi connectivity index (χ2n) is 3.92. The molecule has 0 saturated carbocycles. The normalized spacial score (nSPS) is 12.5. The molecule has 0 spiro atoms. The van der Waals surface area contributed by atoms with Crippen molar-refractivity contribution in [2.45, 2.75) is 6.04 Å². The van der Waals surface area contributed by atoms with Crippen molar-refractivity contribution in [2.24, 2.45) is 5.84 Å². The highest BCUT2D eigenvalue weighted by atomic mass is 79.9. The van der Waals surface area contributed by atoms with Crippen LogP contribution in [0, 0.1) is 17.5 Å². The van der Waals surface area contributed by atoms with E-state index in [0.29, 0.717) is 11.1 Å². The first-order valence-electron chi connectivity index (χ1n) is 5.39. The maximum absolute atomic E-state index is 13.5. The fourth-order valence-electron chi connectivity index (χ4n) is 1.82. The van der Waals surface area contributed by atoms with Gasteiger partial charge in [-0.25, -0.2) is 18.6 Å². The zero-order valence-electron chi connectivity index (χ0n) is 9.63. The number of rotatable bonds is 3. The summed E-state index contributed by atoms with van der Waals surface area (Å²) in [4.78, 5) is 0. The Labute approximate surface area is 116 Å². The number of hydrazine groups is 1. The first kappa shape index (κ1) is 14.0. The molecular weight excluding hydrogens is 321 g/mol. The van der Waals surface area contributed by atoms with Crippen molar-refractivity contribution >= 4 is 15.9 Å². The molecule has 0 bridgehead atoms. The Balaban J connectivity index is 2.51. The quantitative estimate of drug-likeness (QED) is 0.514. The summed E-state index contributed by atoms with van der Waals surface area (Å²) < 4.78 is 39.8. The van der Waals surface area contributed by atoms with Gasteiger partial charge in [-0.1, -0.05) is 18.2 Å². The summed E-state index contributed by atoms with van der Waals surface area (Å²) in [5.74, 6) is 3.03. The first-order chi connectivity index (χ1) is 9.04. The van der Waals surface area contributed by atoms with Crippen molar-refractivity contribution < 1.29 is 13.2 Å². The van der Waals surface area contributed by atoms with Crippen LogP contribution in [0.15, 0.2) is 40.9 Å². The molecule has 6 heteroatoms. The van der Waals surface area contributed by atoms with Gasteiger partial charge in [0.15, 0.2) is 11.6 Å². The van der Waals surface area contributed by atoms with Crippen LogP contribution in [0.5, 0.6) is 0 Å². The predicted octanol–water partition coefficient (Wildman–Crippen LogP) is 3.42. The molecule has 19 heavy (non-hydrogen) atoms. The Morgan fingerprint density at radius 2 is 1.84 bits per heavy atom. The third kappa shape index (κ3) is 2.80. The minimum absolute atomic E-state index is 0.0419. The van der Waals surface area contributed by atoms with E-state index in [1.165, 1.54) is 24.3 Å². The molecule has 0 heterocycles. The van der Waals surface area contributed by atoms with Crippen LogP contribution in [-0.2, 0) is 0 Å². The molecule has 0 fully saturated rings. The summed E-state index contributed by atoms with van der Waals surface area (Å²) in [6, 6.07) is 7.46. The average Bonchev–Trinajstić information content (AvgIpc) is 2.40. The van der Waals surface area contributed by atoms with Crippen molar-refractivity contribution in [3.63, 3.8) is 0 Å².